The Balaban J connectivity index is 2.45. The molecule has 0 radical (unpaired) electrons. The third-order valence-electron chi connectivity index (χ3n) is 2.76. The Morgan fingerprint density at radius 3 is 2.76 bits per heavy atom. The van der Waals surface area contributed by atoms with E-state index >= 15 is 0 Å². The molecule has 0 unspecified atom stereocenters. The average molecular weight is 229 g/mol. The number of hydrogen-bond donors (Lipinski definition) is 0. The number of para-hydroxylation sites is 1. The van der Waals surface area contributed by atoms with Gasteiger partial charge in [-0.15, -0.1) is 0 Å². The predicted octanol–water partition coefficient (Wildman–Crippen LogP) is 2.37. The summed E-state index contributed by atoms with van der Waals surface area (Å²) in [7, 11) is 0. The van der Waals surface area contributed by atoms with Gasteiger partial charge in [-0.1, -0.05) is 19.1 Å². The second-order valence-corrected chi connectivity index (χ2v) is 4.11. The highest BCUT2D eigenvalue weighted by Crippen LogP contribution is 2.09. The van der Waals surface area contributed by atoms with E-state index in [0.717, 1.165) is 11.9 Å². The number of carbonyl (C=O) groups is 1. The first-order valence-corrected chi connectivity index (χ1v) is 5.82. The summed E-state index contributed by atoms with van der Waals surface area (Å²) in [6, 6.07) is 8.89. The molecule has 1 aromatic heterocycles. The highest BCUT2D eigenvalue weighted by atomic mass is 16.1. The Morgan fingerprint density at radius 1 is 1.24 bits per heavy atom. The number of hydrogen-bond acceptors (Lipinski definition) is 2. The SMILES string of the molecule is CCCC(=O)Cn1ccc(=O)c2ccccc21. The fraction of sp³-hybridized carbons (Fsp3) is 0.286. The van der Waals surface area contributed by atoms with Gasteiger partial charge in [-0.2, -0.15) is 0 Å². The minimum absolute atomic E-state index is 0.000194. The molecule has 3 nitrogen and oxygen atoms in total. The zero-order valence-electron chi connectivity index (χ0n) is 9.85. The molecule has 0 aliphatic rings. The van der Waals surface area contributed by atoms with Gasteiger partial charge in [0.15, 0.2) is 11.2 Å². The quantitative estimate of drug-likeness (QED) is 0.807. The summed E-state index contributed by atoms with van der Waals surface area (Å²) in [5.74, 6) is 0.196. The molecule has 17 heavy (non-hydrogen) atoms. The maximum Gasteiger partial charge on any atom is 0.189 e. The second kappa shape index (κ2) is 4.95. The van der Waals surface area contributed by atoms with Gasteiger partial charge < -0.3 is 4.57 Å². The number of nitrogens with zero attached hydrogens (tertiary/aromatic N) is 1. The monoisotopic (exact) mass is 229 g/mol. The summed E-state index contributed by atoms with van der Waals surface area (Å²) < 4.78 is 1.84. The third-order valence-corrected chi connectivity index (χ3v) is 2.76. The van der Waals surface area contributed by atoms with Gasteiger partial charge in [0.1, 0.15) is 0 Å². The Hall–Kier alpha value is -1.90. The topological polar surface area (TPSA) is 39.1 Å². The Bertz CT molecular complexity index is 598. The van der Waals surface area contributed by atoms with Crippen LogP contribution in [0.25, 0.3) is 10.9 Å². The third kappa shape index (κ3) is 2.44. The van der Waals surface area contributed by atoms with E-state index in [9.17, 15) is 9.59 Å². The Kier molecular flexibility index (Phi) is 3.38. The van der Waals surface area contributed by atoms with Crippen molar-refractivity contribution < 1.29 is 4.79 Å². The molecule has 3 heteroatoms. The van der Waals surface area contributed by atoms with Crippen LogP contribution in [0.5, 0.6) is 0 Å². The molecule has 0 saturated heterocycles. The Morgan fingerprint density at radius 2 is 2.00 bits per heavy atom. The lowest BCUT2D eigenvalue weighted by atomic mass is 10.2. The summed E-state index contributed by atoms with van der Waals surface area (Å²) in [5.41, 5.74) is 0.823. The van der Waals surface area contributed by atoms with Crippen LogP contribution in [0.2, 0.25) is 0 Å². The van der Waals surface area contributed by atoms with Crippen molar-refractivity contribution in [2.75, 3.05) is 0 Å². The molecule has 1 aromatic carbocycles. The van der Waals surface area contributed by atoms with E-state index < -0.39 is 0 Å². The lowest BCUT2D eigenvalue weighted by Gasteiger charge is -2.09. The van der Waals surface area contributed by atoms with Crippen molar-refractivity contribution in [2.45, 2.75) is 26.3 Å². The number of rotatable bonds is 4. The number of carbonyl (C=O) groups excluding carboxylic acids is 1. The second-order valence-electron chi connectivity index (χ2n) is 4.11. The molecule has 0 fully saturated rings. The number of Topliss-reactive ketones (excluding diaryl/α,β-unsaturated/α-hetero) is 1. The average Bonchev–Trinajstić information content (AvgIpc) is 2.34. The molecule has 1 heterocycles. The molecular weight excluding hydrogens is 214 g/mol. The fourth-order valence-electron chi connectivity index (χ4n) is 1.95. The summed E-state index contributed by atoms with van der Waals surface area (Å²) >= 11 is 0. The molecule has 0 bridgehead atoms. The molecule has 0 N–H and O–H groups in total. The van der Waals surface area contributed by atoms with Gasteiger partial charge >= 0.3 is 0 Å². The number of benzene rings is 1. The van der Waals surface area contributed by atoms with Gasteiger partial charge in [-0.3, -0.25) is 9.59 Å². The Labute approximate surface area is 99.7 Å². The number of fused-ring (bicyclic) bond motifs is 1. The largest absolute Gasteiger partial charge is 0.340 e. The number of ketones is 1. The van der Waals surface area contributed by atoms with Crippen molar-refractivity contribution in [3.63, 3.8) is 0 Å². The summed E-state index contributed by atoms with van der Waals surface area (Å²) in [5, 5.41) is 0.666. The number of aromatic nitrogens is 1. The molecule has 0 atom stereocenters. The van der Waals surface area contributed by atoms with Crippen molar-refractivity contribution in [2.24, 2.45) is 0 Å². The van der Waals surface area contributed by atoms with Gasteiger partial charge in [0, 0.05) is 24.1 Å². The first kappa shape index (κ1) is 11.6. The summed E-state index contributed by atoms with van der Waals surface area (Å²) in [4.78, 5) is 23.3. The lowest BCUT2D eigenvalue weighted by Crippen LogP contribution is -2.13. The van der Waals surface area contributed by atoms with Crippen LogP contribution in [0.15, 0.2) is 41.3 Å². The summed E-state index contributed by atoms with van der Waals surface area (Å²) in [6.45, 7) is 2.33. The maximum absolute atomic E-state index is 11.6. The molecule has 2 rings (SSSR count). The molecular formula is C14H15NO2. The molecule has 0 aliphatic heterocycles. The highest BCUT2D eigenvalue weighted by molar-refractivity contribution is 5.83. The maximum atomic E-state index is 11.6. The smallest absolute Gasteiger partial charge is 0.189 e. The van der Waals surface area contributed by atoms with Crippen LogP contribution < -0.4 is 5.43 Å². The van der Waals surface area contributed by atoms with Crippen LogP contribution in [0.4, 0.5) is 0 Å². The minimum atomic E-state index is -0.000194. The van der Waals surface area contributed by atoms with Crippen LogP contribution in [-0.2, 0) is 11.3 Å². The lowest BCUT2D eigenvalue weighted by molar-refractivity contribution is -0.119. The molecule has 0 saturated carbocycles. The first-order chi connectivity index (χ1) is 8.22. The minimum Gasteiger partial charge on any atom is -0.340 e. The van der Waals surface area contributed by atoms with E-state index in [1.54, 1.807) is 12.3 Å². The summed E-state index contributed by atoms with van der Waals surface area (Å²) in [6.07, 6.45) is 3.13. The van der Waals surface area contributed by atoms with Crippen LogP contribution in [0.1, 0.15) is 19.8 Å². The molecule has 88 valence electrons. The van der Waals surface area contributed by atoms with E-state index in [0.29, 0.717) is 18.4 Å². The van der Waals surface area contributed by atoms with Crippen LogP contribution in [0, 0.1) is 0 Å². The van der Waals surface area contributed by atoms with E-state index in [2.05, 4.69) is 0 Å². The zero-order chi connectivity index (χ0) is 12.3. The molecule has 2 aromatic rings. The van der Waals surface area contributed by atoms with Crippen molar-refractivity contribution in [3.05, 3.63) is 46.8 Å². The van der Waals surface area contributed by atoms with Crippen molar-refractivity contribution >= 4 is 16.7 Å². The van der Waals surface area contributed by atoms with Crippen molar-refractivity contribution in [1.82, 2.24) is 4.57 Å². The standard InChI is InChI=1S/C14H15NO2/c1-2-5-11(16)10-15-9-8-14(17)12-6-3-4-7-13(12)15/h3-4,6-9H,2,5,10H2,1H3. The van der Waals surface area contributed by atoms with E-state index in [1.165, 1.54) is 6.07 Å². The van der Waals surface area contributed by atoms with E-state index in [1.807, 2.05) is 29.7 Å². The van der Waals surface area contributed by atoms with E-state index in [-0.39, 0.29) is 11.2 Å². The van der Waals surface area contributed by atoms with Crippen molar-refractivity contribution in [1.29, 1.82) is 0 Å². The molecule has 0 amide bonds. The van der Waals surface area contributed by atoms with Gasteiger partial charge in [0.2, 0.25) is 0 Å². The molecule has 0 spiro atoms. The highest BCUT2D eigenvalue weighted by Gasteiger charge is 2.05. The fourth-order valence-corrected chi connectivity index (χ4v) is 1.95. The predicted molar refractivity (Wildman–Crippen MR) is 68.1 cm³/mol. The zero-order valence-corrected chi connectivity index (χ0v) is 9.85. The van der Waals surface area contributed by atoms with Crippen LogP contribution >= 0.6 is 0 Å². The molecule has 0 aliphatic carbocycles. The number of pyridine rings is 1. The van der Waals surface area contributed by atoms with Crippen LogP contribution in [0.3, 0.4) is 0 Å². The van der Waals surface area contributed by atoms with Gasteiger partial charge in [0.05, 0.1) is 12.1 Å². The van der Waals surface area contributed by atoms with Crippen LogP contribution in [-0.4, -0.2) is 10.4 Å². The van der Waals surface area contributed by atoms with E-state index in [4.69, 9.17) is 0 Å². The van der Waals surface area contributed by atoms with Gasteiger partial charge in [0.25, 0.3) is 0 Å². The normalized spacial score (nSPS) is 10.6. The van der Waals surface area contributed by atoms with Gasteiger partial charge in [-0.25, -0.2) is 0 Å². The van der Waals surface area contributed by atoms with Gasteiger partial charge in [-0.05, 0) is 18.6 Å². The van der Waals surface area contributed by atoms with Crippen molar-refractivity contribution in [3.8, 4) is 0 Å². The first-order valence-electron chi connectivity index (χ1n) is 5.82.